The Labute approximate surface area is 157 Å². The van der Waals surface area contributed by atoms with Gasteiger partial charge in [-0.25, -0.2) is 4.98 Å². The van der Waals surface area contributed by atoms with Crippen LogP contribution in [0.4, 0.5) is 0 Å². The highest BCUT2D eigenvalue weighted by molar-refractivity contribution is 7.18. The molecule has 26 heavy (non-hydrogen) atoms. The second kappa shape index (κ2) is 8.78. The van der Waals surface area contributed by atoms with E-state index in [0.29, 0.717) is 19.6 Å². The molecule has 3 rings (SSSR count). The third-order valence-electron chi connectivity index (χ3n) is 4.05. The Morgan fingerprint density at radius 2 is 1.96 bits per heavy atom. The van der Waals surface area contributed by atoms with Crippen LogP contribution < -0.4 is 10.1 Å². The number of amides is 1. The van der Waals surface area contributed by atoms with Crippen molar-refractivity contribution in [1.29, 1.82) is 0 Å². The van der Waals surface area contributed by atoms with Gasteiger partial charge in [-0.2, -0.15) is 0 Å². The SMILES string of the molecule is COc1ccccc1CN(C)CC(=O)NCCc1nc2ccccc2s1. The minimum Gasteiger partial charge on any atom is -0.496 e. The largest absolute Gasteiger partial charge is 0.496 e. The lowest BCUT2D eigenvalue weighted by Gasteiger charge is -2.18. The molecule has 1 amide bonds. The summed E-state index contributed by atoms with van der Waals surface area (Å²) in [7, 11) is 3.59. The molecule has 0 aliphatic heterocycles. The van der Waals surface area contributed by atoms with Crippen LogP contribution in [0.15, 0.2) is 48.5 Å². The number of carbonyl (C=O) groups excluding carboxylic acids is 1. The highest BCUT2D eigenvalue weighted by atomic mass is 32.1. The van der Waals surface area contributed by atoms with E-state index in [1.165, 1.54) is 4.70 Å². The lowest BCUT2D eigenvalue weighted by molar-refractivity contribution is -0.122. The summed E-state index contributed by atoms with van der Waals surface area (Å²) in [6, 6.07) is 16.0. The number of para-hydroxylation sites is 2. The molecule has 0 aliphatic carbocycles. The van der Waals surface area contributed by atoms with Gasteiger partial charge in [-0.15, -0.1) is 11.3 Å². The van der Waals surface area contributed by atoms with Gasteiger partial charge in [-0.3, -0.25) is 9.69 Å². The van der Waals surface area contributed by atoms with Crippen LogP contribution in [-0.4, -0.2) is 43.0 Å². The van der Waals surface area contributed by atoms with Crippen molar-refractivity contribution in [2.75, 3.05) is 27.2 Å². The Morgan fingerprint density at radius 1 is 1.19 bits per heavy atom. The van der Waals surface area contributed by atoms with Gasteiger partial charge in [-0.1, -0.05) is 30.3 Å². The zero-order valence-electron chi connectivity index (χ0n) is 15.1. The van der Waals surface area contributed by atoms with Crippen molar-refractivity contribution < 1.29 is 9.53 Å². The molecule has 5 nitrogen and oxygen atoms in total. The summed E-state index contributed by atoms with van der Waals surface area (Å²) in [4.78, 5) is 18.7. The second-order valence-corrected chi connectivity index (χ2v) is 7.27. The number of nitrogens with zero attached hydrogens (tertiary/aromatic N) is 2. The van der Waals surface area contributed by atoms with Crippen LogP contribution in [0.25, 0.3) is 10.2 Å². The molecular weight excluding hydrogens is 346 g/mol. The van der Waals surface area contributed by atoms with Gasteiger partial charge in [-0.05, 0) is 25.2 Å². The molecule has 3 aromatic rings. The van der Waals surface area contributed by atoms with E-state index in [-0.39, 0.29) is 5.91 Å². The van der Waals surface area contributed by atoms with Gasteiger partial charge in [0.1, 0.15) is 5.75 Å². The average Bonchev–Trinajstić information content (AvgIpc) is 3.04. The van der Waals surface area contributed by atoms with Crippen LogP contribution in [0.1, 0.15) is 10.6 Å². The van der Waals surface area contributed by atoms with Crippen LogP contribution in [-0.2, 0) is 17.8 Å². The van der Waals surface area contributed by atoms with Gasteiger partial charge in [0, 0.05) is 25.1 Å². The van der Waals surface area contributed by atoms with Crippen LogP contribution in [0.3, 0.4) is 0 Å². The summed E-state index contributed by atoms with van der Waals surface area (Å²) >= 11 is 1.68. The van der Waals surface area contributed by atoms with E-state index in [2.05, 4.69) is 16.4 Å². The molecule has 2 aromatic carbocycles. The smallest absolute Gasteiger partial charge is 0.234 e. The number of methoxy groups -OCH3 is 1. The second-order valence-electron chi connectivity index (χ2n) is 6.16. The molecule has 0 saturated carbocycles. The fraction of sp³-hybridized carbons (Fsp3) is 0.300. The number of hydrogen-bond donors (Lipinski definition) is 1. The first-order valence-electron chi connectivity index (χ1n) is 8.57. The zero-order valence-corrected chi connectivity index (χ0v) is 15.9. The molecular formula is C20H23N3O2S. The summed E-state index contributed by atoms with van der Waals surface area (Å²) < 4.78 is 6.54. The van der Waals surface area contributed by atoms with Crippen LogP contribution in [0.5, 0.6) is 5.75 Å². The van der Waals surface area contributed by atoms with Gasteiger partial charge >= 0.3 is 0 Å². The Morgan fingerprint density at radius 3 is 2.77 bits per heavy atom. The van der Waals surface area contributed by atoms with Crippen molar-refractivity contribution in [3.8, 4) is 5.75 Å². The van der Waals surface area contributed by atoms with Crippen molar-refractivity contribution >= 4 is 27.5 Å². The number of nitrogens with one attached hydrogen (secondary N) is 1. The maximum absolute atomic E-state index is 12.2. The minimum atomic E-state index is 0.0171. The number of fused-ring (bicyclic) bond motifs is 1. The summed E-state index contributed by atoms with van der Waals surface area (Å²) in [5, 5.41) is 4.03. The highest BCUT2D eigenvalue weighted by Gasteiger charge is 2.10. The number of aromatic nitrogens is 1. The summed E-state index contributed by atoms with van der Waals surface area (Å²) in [5.74, 6) is 0.860. The summed E-state index contributed by atoms with van der Waals surface area (Å²) in [6.07, 6.45) is 0.751. The number of likely N-dealkylation sites (N-methyl/N-ethyl adjacent to an activating group) is 1. The molecule has 1 heterocycles. The Balaban J connectivity index is 1.44. The fourth-order valence-electron chi connectivity index (χ4n) is 2.82. The van der Waals surface area contributed by atoms with Crippen LogP contribution in [0, 0.1) is 0 Å². The van der Waals surface area contributed by atoms with Gasteiger partial charge in [0.05, 0.1) is 28.9 Å². The van der Waals surface area contributed by atoms with Crippen molar-refractivity contribution in [3.63, 3.8) is 0 Å². The first kappa shape index (κ1) is 18.4. The Bertz CT molecular complexity index is 845. The number of rotatable bonds is 8. The highest BCUT2D eigenvalue weighted by Crippen LogP contribution is 2.21. The number of thiazole rings is 1. The molecule has 0 unspecified atom stereocenters. The number of hydrogen-bond acceptors (Lipinski definition) is 5. The molecule has 0 atom stereocenters. The first-order chi connectivity index (χ1) is 12.7. The molecule has 0 fully saturated rings. The van der Waals surface area contributed by atoms with E-state index in [9.17, 15) is 4.79 Å². The van der Waals surface area contributed by atoms with E-state index in [4.69, 9.17) is 4.74 Å². The van der Waals surface area contributed by atoms with Crippen molar-refractivity contribution in [3.05, 3.63) is 59.1 Å². The lowest BCUT2D eigenvalue weighted by atomic mass is 10.2. The molecule has 1 N–H and O–H groups in total. The molecule has 0 spiro atoms. The van der Waals surface area contributed by atoms with Crippen LogP contribution >= 0.6 is 11.3 Å². The molecule has 6 heteroatoms. The predicted octanol–water partition coefficient (Wildman–Crippen LogP) is 3.10. The topological polar surface area (TPSA) is 54.5 Å². The summed E-state index contributed by atoms with van der Waals surface area (Å²) in [5.41, 5.74) is 2.09. The van der Waals surface area contributed by atoms with Gasteiger partial charge in [0.25, 0.3) is 0 Å². The number of ether oxygens (including phenoxy) is 1. The Hall–Kier alpha value is -2.44. The standard InChI is InChI=1S/C20H23N3O2S/c1-23(13-15-7-3-5-9-17(15)25-2)14-19(24)21-12-11-20-22-16-8-4-6-10-18(16)26-20/h3-10H,11-14H2,1-2H3,(H,21,24). The number of benzene rings is 2. The molecule has 0 aliphatic rings. The molecule has 0 saturated heterocycles. The normalized spacial score (nSPS) is 11.0. The molecule has 1 aromatic heterocycles. The van der Waals surface area contributed by atoms with Crippen LogP contribution in [0.2, 0.25) is 0 Å². The van der Waals surface area contributed by atoms with E-state index in [1.807, 2.05) is 54.4 Å². The van der Waals surface area contributed by atoms with E-state index >= 15 is 0 Å². The zero-order chi connectivity index (χ0) is 18.4. The van der Waals surface area contributed by atoms with Crippen molar-refractivity contribution in [2.24, 2.45) is 0 Å². The summed E-state index contributed by atoms with van der Waals surface area (Å²) in [6.45, 7) is 1.61. The molecule has 136 valence electrons. The average molecular weight is 369 g/mol. The molecule has 0 bridgehead atoms. The van der Waals surface area contributed by atoms with Gasteiger partial charge in [0.15, 0.2) is 0 Å². The van der Waals surface area contributed by atoms with E-state index < -0.39 is 0 Å². The quantitative estimate of drug-likeness (QED) is 0.663. The number of carbonyl (C=O) groups is 1. The minimum absolute atomic E-state index is 0.0171. The van der Waals surface area contributed by atoms with Gasteiger partial charge < -0.3 is 10.1 Å². The van der Waals surface area contributed by atoms with Crippen molar-refractivity contribution in [2.45, 2.75) is 13.0 Å². The third-order valence-corrected chi connectivity index (χ3v) is 5.14. The third kappa shape index (κ3) is 4.80. The maximum Gasteiger partial charge on any atom is 0.234 e. The fourth-order valence-corrected chi connectivity index (χ4v) is 3.78. The van der Waals surface area contributed by atoms with Gasteiger partial charge in [0.2, 0.25) is 5.91 Å². The molecule has 0 radical (unpaired) electrons. The maximum atomic E-state index is 12.2. The lowest BCUT2D eigenvalue weighted by Crippen LogP contribution is -2.35. The van der Waals surface area contributed by atoms with E-state index in [1.54, 1.807) is 18.4 Å². The monoisotopic (exact) mass is 369 g/mol. The Kier molecular flexibility index (Phi) is 6.20. The van der Waals surface area contributed by atoms with Crippen molar-refractivity contribution in [1.82, 2.24) is 15.2 Å². The van der Waals surface area contributed by atoms with E-state index in [0.717, 1.165) is 28.3 Å². The predicted molar refractivity (Wildman–Crippen MR) is 106 cm³/mol. The first-order valence-corrected chi connectivity index (χ1v) is 9.39.